The monoisotopic (exact) mass is 263 g/mol. The molecule has 1 aliphatic rings. The smallest absolute Gasteiger partial charge is 0.142 e. The molecular weight excluding hydrogens is 249 g/mol. The Hall–Kier alpha value is -1.33. The Labute approximate surface area is 109 Å². The fourth-order valence-corrected chi connectivity index (χ4v) is 3.41. The molecule has 0 atom stereocenters. The van der Waals surface area contributed by atoms with Gasteiger partial charge in [0.1, 0.15) is 10.8 Å². The average Bonchev–Trinajstić information content (AvgIpc) is 2.98. The largest absolute Gasteiger partial charge is 0.319 e. The molecule has 0 aromatic carbocycles. The van der Waals surface area contributed by atoms with Crippen molar-refractivity contribution in [1.29, 1.82) is 0 Å². The lowest BCUT2D eigenvalue weighted by molar-refractivity contribution is 0.459. The van der Waals surface area contributed by atoms with E-state index < -0.39 is 0 Å². The molecule has 0 saturated heterocycles. The van der Waals surface area contributed by atoms with Gasteiger partial charge < -0.3 is 5.73 Å². The second-order valence-corrected chi connectivity index (χ2v) is 5.65. The first-order valence-corrected chi connectivity index (χ1v) is 6.91. The SMILES string of the molecule is NC1(c2nc(-c3cncc(F)c3)cs2)CCCC1. The van der Waals surface area contributed by atoms with Crippen LogP contribution in [0.4, 0.5) is 4.39 Å². The van der Waals surface area contributed by atoms with E-state index in [1.807, 2.05) is 5.38 Å². The third-order valence-electron chi connectivity index (χ3n) is 3.43. The molecule has 3 rings (SSSR count). The number of aromatic nitrogens is 2. The van der Waals surface area contributed by atoms with Gasteiger partial charge in [-0.05, 0) is 18.9 Å². The highest BCUT2D eigenvalue weighted by molar-refractivity contribution is 7.10. The van der Waals surface area contributed by atoms with E-state index in [-0.39, 0.29) is 11.4 Å². The zero-order chi connectivity index (χ0) is 12.6. The Morgan fingerprint density at radius 2 is 2.06 bits per heavy atom. The van der Waals surface area contributed by atoms with Crippen LogP contribution < -0.4 is 5.73 Å². The predicted molar refractivity (Wildman–Crippen MR) is 69.6 cm³/mol. The summed E-state index contributed by atoms with van der Waals surface area (Å²) in [7, 11) is 0. The number of hydrogen-bond donors (Lipinski definition) is 1. The third-order valence-corrected chi connectivity index (χ3v) is 4.49. The summed E-state index contributed by atoms with van der Waals surface area (Å²) in [5.74, 6) is -0.342. The molecule has 0 spiro atoms. The molecule has 94 valence electrons. The number of rotatable bonds is 2. The van der Waals surface area contributed by atoms with Crippen LogP contribution in [0.3, 0.4) is 0 Å². The van der Waals surface area contributed by atoms with E-state index in [1.54, 1.807) is 17.5 Å². The molecule has 1 saturated carbocycles. The Bertz CT molecular complexity index is 561. The highest BCUT2D eigenvalue weighted by atomic mass is 32.1. The molecule has 0 unspecified atom stereocenters. The average molecular weight is 263 g/mol. The maximum Gasteiger partial charge on any atom is 0.142 e. The molecule has 5 heteroatoms. The molecule has 18 heavy (non-hydrogen) atoms. The van der Waals surface area contributed by atoms with Crippen molar-refractivity contribution in [1.82, 2.24) is 9.97 Å². The fraction of sp³-hybridized carbons (Fsp3) is 0.385. The van der Waals surface area contributed by atoms with E-state index in [0.29, 0.717) is 5.56 Å². The van der Waals surface area contributed by atoms with Crippen LogP contribution >= 0.6 is 11.3 Å². The van der Waals surface area contributed by atoms with Gasteiger partial charge in [0.15, 0.2) is 0 Å². The molecule has 2 heterocycles. The Balaban J connectivity index is 1.94. The summed E-state index contributed by atoms with van der Waals surface area (Å²) in [6.45, 7) is 0. The van der Waals surface area contributed by atoms with Gasteiger partial charge in [0.25, 0.3) is 0 Å². The molecular formula is C13H14FN3S. The lowest BCUT2D eigenvalue weighted by Gasteiger charge is -2.19. The van der Waals surface area contributed by atoms with Gasteiger partial charge in [0, 0.05) is 17.1 Å². The number of nitrogens with two attached hydrogens (primary N) is 1. The Morgan fingerprint density at radius 3 is 2.78 bits per heavy atom. The van der Waals surface area contributed by atoms with Gasteiger partial charge in [-0.3, -0.25) is 4.98 Å². The van der Waals surface area contributed by atoms with Gasteiger partial charge >= 0.3 is 0 Å². The number of thiazole rings is 1. The molecule has 0 radical (unpaired) electrons. The van der Waals surface area contributed by atoms with Crippen LogP contribution in [0, 0.1) is 5.82 Å². The van der Waals surface area contributed by atoms with E-state index in [1.165, 1.54) is 12.3 Å². The van der Waals surface area contributed by atoms with E-state index in [9.17, 15) is 4.39 Å². The van der Waals surface area contributed by atoms with Crippen molar-refractivity contribution in [3.05, 3.63) is 34.7 Å². The topological polar surface area (TPSA) is 51.8 Å². The van der Waals surface area contributed by atoms with Crippen molar-refractivity contribution in [2.75, 3.05) is 0 Å². The number of hydrogen-bond acceptors (Lipinski definition) is 4. The first-order chi connectivity index (χ1) is 8.67. The molecule has 3 nitrogen and oxygen atoms in total. The highest BCUT2D eigenvalue weighted by Crippen LogP contribution is 2.38. The highest BCUT2D eigenvalue weighted by Gasteiger charge is 2.34. The first kappa shape index (κ1) is 11.7. The molecule has 2 N–H and O–H groups in total. The van der Waals surface area contributed by atoms with Crippen molar-refractivity contribution in [3.63, 3.8) is 0 Å². The van der Waals surface area contributed by atoms with Gasteiger partial charge in [-0.25, -0.2) is 9.37 Å². The molecule has 2 aromatic rings. The van der Waals surface area contributed by atoms with Gasteiger partial charge in [0.05, 0.1) is 17.4 Å². The summed E-state index contributed by atoms with van der Waals surface area (Å²) in [4.78, 5) is 8.41. The second kappa shape index (κ2) is 4.40. The molecule has 2 aromatic heterocycles. The molecule has 0 aliphatic heterocycles. The van der Waals surface area contributed by atoms with Crippen LogP contribution in [0.1, 0.15) is 30.7 Å². The standard InChI is InChI=1S/C13H14FN3S/c14-10-5-9(6-16-7-10)11-8-18-12(17-11)13(15)3-1-2-4-13/h5-8H,1-4,15H2. The number of halogens is 1. The maximum atomic E-state index is 13.1. The maximum absolute atomic E-state index is 13.1. The number of pyridine rings is 1. The minimum atomic E-state index is -0.342. The normalized spacial score (nSPS) is 18.1. The van der Waals surface area contributed by atoms with Crippen molar-refractivity contribution in [3.8, 4) is 11.3 Å². The van der Waals surface area contributed by atoms with Crippen LogP contribution in [0.15, 0.2) is 23.8 Å². The van der Waals surface area contributed by atoms with Crippen LogP contribution in [-0.2, 0) is 5.54 Å². The van der Waals surface area contributed by atoms with Crippen LogP contribution in [-0.4, -0.2) is 9.97 Å². The summed E-state index contributed by atoms with van der Waals surface area (Å²) in [5, 5.41) is 2.89. The first-order valence-electron chi connectivity index (χ1n) is 6.03. The Kier molecular flexibility index (Phi) is 2.87. The quantitative estimate of drug-likeness (QED) is 0.906. The van der Waals surface area contributed by atoms with E-state index in [4.69, 9.17) is 5.73 Å². The van der Waals surface area contributed by atoms with Gasteiger partial charge in [-0.15, -0.1) is 11.3 Å². The molecule has 1 aliphatic carbocycles. The zero-order valence-electron chi connectivity index (χ0n) is 9.90. The van der Waals surface area contributed by atoms with Gasteiger partial charge in [-0.2, -0.15) is 0 Å². The van der Waals surface area contributed by atoms with Gasteiger partial charge in [-0.1, -0.05) is 12.8 Å². The van der Waals surface area contributed by atoms with E-state index in [0.717, 1.165) is 36.4 Å². The van der Waals surface area contributed by atoms with Crippen molar-refractivity contribution in [2.45, 2.75) is 31.2 Å². The molecule has 1 fully saturated rings. The molecule has 0 amide bonds. The molecule has 0 bridgehead atoms. The third kappa shape index (κ3) is 2.04. The second-order valence-electron chi connectivity index (χ2n) is 4.79. The van der Waals surface area contributed by atoms with Crippen molar-refractivity contribution < 1.29 is 4.39 Å². The summed E-state index contributed by atoms with van der Waals surface area (Å²) in [5.41, 5.74) is 7.56. The van der Waals surface area contributed by atoms with Crippen LogP contribution in [0.5, 0.6) is 0 Å². The lowest BCUT2D eigenvalue weighted by atomic mass is 10.0. The summed E-state index contributed by atoms with van der Waals surface area (Å²) < 4.78 is 13.1. The minimum absolute atomic E-state index is 0.274. The van der Waals surface area contributed by atoms with Gasteiger partial charge in [0.2, 0.25) is 0 Å². The summed E-state index contributed by atoms with van der Waals surface area (Å²) in [6, 6.07) is 1.45. The summed E-state index contributed by atoms with van der Waals surface area (Å²) >= 11 is 1.56. The van der Waals surface area contributed by atoms with Crippen molar-refractivity contribution >= 4 is 11.3 Å². The van der Waals surface area contributed by atoms with Crippen LogP contribution in [0.2, 0.25) is 0 Å². The van der Waals surface area contributed by atoms with Crippen LogP contribution in [0.25, 0.3) is 11.3 Å². The number of nitrogens with zero attached hydrogens (tertiary/aromatic N) is 2. The van der Waals surface area contributed by atoms with E-state index >= 15 is 0 Å². The fourth-order valence-electron chi connectivity index (χ4n) is 2.41. The van der Waals surface area contributed by atoms with Crippen molar-refractivity contribution in [2.24, 2.45) is 5.73 Å². The Morgan fingerprint density at radius 1 is 1.28 bits per heavy atom. The predicted octanol–water partition coefficient (Wildman–Crippen LogP) is 3.07. The summed E-state index contributed by atoms with van der Waals surface area (Å²) in [6.07, 6.45) is 7.11. The minimum Gasteiger partial charge on any atom is -0.319 e. The van der Waals surface area contributed by atoms with E-state index in [2.05, 4.69) is 9.97 Å². The zero-order valence-corrected chi connectivity index (χ0v) is 10.7. The lowest BCUT2D eigenvalue weighted by Crippen LogP contribution is -2.32.